The summed E-state index contributed by atoms with van der Waals surface area (Å²) in [7, 11) is 0. The number of nitrogens with one attached hydrogen (secondary N) is 1. The first kappa shape index (κ1) is 10.3. The number of amides is 2. The molecule has 2 amide bonds. The fourth-order valence-corrected chi connectivity index (χ4v) is 1.97. The molecule has 82 valence electrons. The molecule has 2 heterocycles. The molecule has 1 saturated heterocycles. The van der Waals surface area contributed by atoms with Crippen molar-refractivity contribution >= 4 is 11.8 Å². The Bertz CT molecular complexity index is 327. The lowest BCUT2D eigenvalue weighted by Gasteiger charge is -2.22. The molecular weight excluding hydrogens is 196 g/mol. The number of aliphatic hydroxyl groups excluding tert-OH is 1. The van der Waals surface area contributed by atoms with Gasteiger partial charge >= 0.3 is 0 Å². The van der Waals surface area contributed by atoms with Gasteiger partial charge in [0, 0.05) is 12.6 Å². The molecule has 0 aromatic rings. The van der Waals surface area contributed by atoms with Gasteiger partial charge in [0.1, 0.15) is 0 Å². The zero-order chi connectivity index (χ0) is 11.0. The van der Waals surface area contributed by atoms with E-state index in [2.05, 4.69) is 5.32 Å². The fraction of sp³-hybridized carbons (Fsp3) is 0.600. The van der Waals surface area contributed by atoms with Crippen LogP contribution >= 0.6 is 0 Å². The number of imide groups is 1. The molecule has 3 unspecified atom stereocenters. The van der Waals surface area contributed by atoms with Crippen molar-refractivity contribution < 1.29 is 14.7 Å². The Morgan fingerprint density at radius 3 is 2.87 bits per heavy atom. The van der Waals surface area contributed by atoms with Crippen LogP contribution in [0.1, 0.15) is 13.3 Å². The van der Waals surface area contributed by atoms with Gasteiger partial charge in [-0.1, -0.05) is 6.08 Å². The fourth-order valence-electron chi connectivity index (χ4n) is 1.97. The molecule has 5 heteroatoms. The van der Waals surface area contributed by atoms with Gasteiger partial charge in [-0.15, -0.1) is 0 Å². The Hall–Kier alpha value is -1.20. The molecule has 2 aliphatic heterocycles. The third kappa shape index (κ3) is 1.80. The van der Waals surface area contributed by atoms with Crippen molar-refractivity contribution in [1.82, 2.24) is 10.2 Å². The smallest absolute Gasteiger partial charge is 0.253 e. The third-order valence-corrected chi connectivity index (χ3v) is 2.81. The van der Waals surface area contributed by atoms with E-state index >= 15 is 0 Å². The lowest BCUT2D eigenvalue weighted by molar-refractivity contribution is -0.143. The number of β-amino-alcohol motifs (C(OH)–C–C–N with tert-alkyl or cyclic N) is 1. The Labute approximate surface area is 87.7 Å². The summed E-state index contributed by atoms with van der Waals surface area (Å²) < 4.78 is 0. The highest BCUT2D eigenvalue weighted by Crippen LogP contribution is 2.16. The molecule has 0 bridgehead atoms. The Balaban J connectivity index is 2.05. The van der Waals surface area contributed by atoms with Gasteiger partial charge in [0.15, 0.2) is 0 Å². The summed E-state index contributed by atoms with van der Waals surface area (Å²) >= 11 is 0. The van der Waals surface area contributed by atoms with E-state index in [-0.39, 0.29) is 17.9 Å². The van der Waals surface area contributed by atoms with Crippen LogP contribution < -0.4 is 5.32 Å². The third-order valence-electron chi connectivity index (χ3n) is 2.81. The summed E-state index contributed by atoms with van der Waals surface area (Å²) in [5.74, 6) is -0.510. The zero-order valence-corrected chi connectivity index (χ0v) is 8.51. The van der Waals surface area contributed by atoms with E-state index in [1.807, 2.05) is 0 Å². The van der Waals surface area contributed by atoms with Crippen LogP contribution in [-0.2, 0) is 9.59 Å². The van der Waals surface area contributed by atoms with E-state index in [0.717, 1.165) is 0 Å². The van der Waals surface area contributed by atoms with Crippen molar-refractivity contribution in [3.63, 3.8) is 0 Å². The minimum Gasteiger partial charge on any atom is -0.392 e. The highest BCUT2D eigenvalue weighted by atomic mass is 16.3. The van der Waals surface area contributed by atoms with Crippen molar-refractivity contribution in [3.05, 3.63) is 12.2 Å². The zero-order valence-electron chi connectivity index (χ0n) is 8.51. The molecule has 0 saturated carbocycles. The van der Waals surface area contributed by atoms with Crippen molar-refractivity contribution in [2.24, 2.45) is 0 Å². The largest absolute Gasteiger partial charge is 0.392 e. The highest BCUT2D eigenvalue weighted by Gasteiger charge is 2.36. The maximum Gasteiger partial charge on any atom is 0.253 e. The molecule has 3 atom stereocenters. The lowest BCUT2D eigenvalue weighted by atomic mass is 10.1. The topological polar surface area (TPSA) is 69.6 Å². The number of rotatable bonds is 1. The minimum atomic E-state index is -0.486. The van der Waals surface area contributed by atoms with Crippen LogP contribution in [0.15, 0.2) is 12.2 Å². The second-order valence-corrected chi connectivity index (χ2v) is 4.00. The summed E-state index contributed by atoms with van der Waals surface area (Å²) in [5, 5.41) is 12.2. The summed E-state index contributed by atoms with van der Waals surface area (Å²) in [5.41, 5.74) is 0. The summed E-state index contributed by atoms with van der Waals surface area (Å²) in [6.07, 6.45) is 3.01. The van der Waals surface area contributed by atoms with Crippen LogP contribution in [-0.4, -0.2) is 46.6 Å². The quantitative estimate of drug-likeness (QED) is 0.546. The van der Waals surface area contributed by atoms with E-state index in [4.69, 9.17) is 0 Å². The molecule has 5 nitrogen and oxygen atoms in total. The number of carbonyl (C=O) groups is 2. The van der Waals surface area contributed by atoms with Crippen LogP contribution in [0.2, 0.25) is 0 Å². The van der Waals surface area contributed by atoms with Gasteiger partial charge in [-0.05, 0) is 13.3 Å². The van der Waals surface area contributed by atoms with Gasteiger partial charge in [-0.2, -0.15) is 0 Å². The van der Waals surface area contributed by atoms with Gasteiger partial charge in [0.05, 0.1) is 18.2 Å². The average Bonchev–Trinajstić information content (AvgIpc) is 2.73. The van der Waals surface area contributed by atoms with Crippen LogP contribution in [0.5, 0.6) is 0 Å². The van der Waals surface area contributed by atoms with Gasteiger partial charge < -0.3 is 10.4 Å². The molecule has 0 aromatic carbocycles. The highest BCUT2D eigenvalue weighted by molar-refractivity contribution is 6.05. The maximum atomic E-state index is 11.9. The minimum absolute atomic E-state index is 0.176. The van der Waals surface area contributed by atoms with Crippen LogP contribution in [0.3, 0.4) is 0 Å². The van der Waals surface area contributed by atoms with Crippen molar-refractivity contribution in [1.29, 1.82) is 0 Å². The van der Waals surface area contributed by atoms with Crippen LogP contribution in [0, 0.1) is 0 Å². The second-order valence-electron chi connectivity index (χ2n) is 4.00. The standard InChI is InChI=1S/C10H14N2O3/c1-6-2-3-9(14)12(6)10(15)8-4-7(13)5-11-8/h2-3,6-8,11,13H,4-5H2,1H3. The Morgan fingerprint density at radius 1 is 1.67 bits per heavy atom. The predicted octanol–water partition coefficient (Wildman–Crippen LogP) is -0.977. The number of aliphatic hydroxyl groups is 1. The van der Waals surface area contributed by atoms with Crippen molar-refractivity contribution in [2.75, 3.05) is 6.54 Å². The summed E-state index contributed by atoms with van der Waals surface area (Å²) in [6, 6.07) is -0.601. The monoisotopic (exact) mass is 210 g/mol. The summed E-state index contributed by atoms with van der Waals surface area (Å²) in [4.78, 5) is 24.5. The van der Waals surface area contributed by atoms with Crippen molar-refractivity contribution in [2.45, 2.75) is 31.5 Å². The second kappa shape index (κ2) is 3.75. The molecule has 0 aromatic heterocycles. The van der Waals surface area contributed by atoms with E-state index in [1.165, 1.54) is 11.0 Å². The molecule has 1 fully saturated rings. The number of hydrogen-bond donors (Lipinski definition) is 2. The first-order chi connectivity index (χ1) is 7.09. The van der Waals surface area contributed by atoms with Gasteiger partial charge in [-0.25, -0.2) is 0 Å². The van der Waals surface area contributed by atoms with Gasteiger partial charge in [0.25, 0.3) is 5.91 Å². The lowest BCUT2D eigenvalue weighted by Crippen LogP contribution is -2.47. The Morgan fingerprint density at radius 2 is 2.40 bits per heavy atom. The van der Waals surface area contributed by atoms with Crippen molar-refractivity contribution in [3.8, 4) is 0 Å². The van der Waals surface area contributed by atoms with Crippen LogP contribution in [0.4, 0.5) is 0 Å². The maximum absolute atomic E-state index is 11.9. The molecule has 2 aliphatic rings. The normalized spacial score (nSPS) is 35.2. The molecule has 0 aliphatic carbocycles. The first-order valence-corrected chi connectivity index (χ1v) is 5.06. The summed E-state index contributed by atoms with van der Waals surface area (Å²) in [6.45, 7) is 2.21. The van der Waals surface area contributed by atoms with Crippen LogP contribution in [0.25, 0.3) is 0 Å². The molecule has 15 heavy (non-hydrogen) atoms. The Kier molecular flexibility index (Phi) is 2.58. The van der Waals surface area contributed by atoms with E-state index < -0.39 is 12.1 Å². The molecule has 2 N–H and O–H groups in total. The SMILES string of the molecule is CC1C=CC(=O)N1C(=O)C1CC(O)CN1. The molecule has 0 spiro atoms. The molecule has 2 rings (SSSR count). The molecular formula is C10H14N2O3. The van der Waals surface area contributed by atoms with E-state index in [1.54, 1.807) is 13.0 Å². The van der Waals surface area contributed by atoms with E-state index in [9.17, 15) is 14.7 Å². The number of nitrogens with zero attached hydrogens (tertiary/aromatic N) is 1. The van der Waals surface area contributed by atoms with E-state index in [0.29, 0.717) is 13.0 Å². The average molecular weight is 210 g/mol. The van der Waals surface area contributed by atoms with Gasteiger partial charge in [0.2, 0.25) is 5.91 Å². The first-order valence-electron chi connectivity index (χ1n) is 5.06. The predicted molar refractivity (Wildman–Crippen MR) is 52.9 cm³/mol. The van der Waals surface area contributed by atoms with Gasteiger partial charge in [-0.3, -0.25) is 14.5 Å². The molecule has 0 radical (unpaired) electrons. The number of hydrogen-bond acceptors (Lipinski definition) is 4. The number of carbonyl (C=O) groups excluding carboxylic acids is 2.